The molecule has 0 amide bonds. The van der Waals surface area contributed by atoms with E-state index in [-0.39, 0.29) is 11.7 Å². The zero-order valence-electron chi connectivity index (χ0n) is 11.4. The largest absolute Gasteiger partial charge is 0.367 e. The van der Waals surface area contributed by atoms with E-state index in [9.17, 15) is 4.39 Å². The average Bonchev–Trinajstić information content (AvgIpc) is 3.11. The second-order valence-electron chi connectivity index (χ2n) is 4.81. The number of hydrogen-bond donors (Lipinski definition) is 1. The summed E-state index contributed by atoms with van der Waals surface area (Å²) < 4.78 is 18.1. The van der Waals surface area contributed by atoms with E-state index >= 15 is 0 Å². The number of thiophene rings is 1. The fraction of sp³-hybridized carbons (Fsp3) is 0.188. The molecule has 3 nitrogen and oxygen atoms in total. The Morgan fingerprint density at radius 1 is 1.14 bits per heavy atom. The first-order valence-corrected chi connectivity index (χ1v) is 7.64. The van der Waals surface area contributed by atoms with Crippen molar-refractivity contribution in [2.24, 2.45) is 0 Å². The highest BCUT2D eigenvalue weighted by molar-refractivity contribution is 7.09. The van der Waals surface area contributed by atoms with Gasteiger partial charge in [0.15, 0.2) is 0 Å². The minimum atomic E-state index is -0.270. The summed E-state index contributed by atoms with van der Waals surface area (Å²) in [5.74, 6) is 0.0146. The van der Waals surface area contributed by atoms with Gasteiger partial charge in [-0.3, -0.25) is 0 Å². The number of nitrogen functional groups attached to an aromatic ring is 1. The fourth-order valence-corrected chi connectivity index (χ4v) is 3.07. The van der Waals surface area contributed by atoms with Gasteiger partial charge in [-0.25, -0.2) is 4.39 Å². The van der Waals surface area contributed by atoms with Gasteiger partial charge < -0.3 is 10.3 Å². The summed E-state index contributed by atoms with van der Waals surface area (Å²) in [4.78, 5) is 1.36. The second kappa shape index (κ2) is 6.10. The molecular formula is C16H15FN2OS. The van der Waals surface area contributed by atoms with E-state index in [1.165, 1.54) is 17.0 Å². The Bertz CT molecular complexity index is 704. The summed E-state index contributed by atoms with van der Waals surface area (Å²) >= 11 is 1.76. The summed E-state index contributed by atoms with van der Waals surface area (Å²) in [5.41, 5.74) is 8.30. The molecule has 2 N–H and O–H groups in total. The van der Waals surface area contributed by atoms with E-state index in [0.717, 1.165) is 36.1 Å². The van der Waals surface area contributed by atoms with Gasteiger partial charge in [-0.2, -0.15) is 0 Å². The summed E-state index contributed by atoms with van der Waals surface area (Å²) in [6, 6.07) is 10.4. The van der Waals surface area contributed by atoms with Crippen molar-refractivity contribution in [3.05, 3.63) is 58.2 Å². The van der Waals surface area contributed by atoms with Crippen LogP contribution in [0.25, 0.3) is 11.1 Å². The number of rotatable bonds is 5. The number of hydrogen-bond acceptors (Lipinski definition) is 4. The number of nitrogens with two attached hydrogens (primary N) is 1. The quantitative estimate of drug-likeness (QED) is 0.764. The second-order valence-corrected chi connectivity index (χ2v) is 5.84. The lowest BCUT2D eigenvalue weighted by molar-refractivity contribution is 0.426. The zero-order valence-corrected chi connectivity index (χ0v) is 12.2. The molecular weight excluding hydrogens is 287 g/mol. The van der Waals surface area contributed by atoms with Gasteiger partial charge in [0, 0.05) is 4.88 Å². The first-order chi connectivity index (χ1) is 10.2. The lowest BCUT2D eigenvalue weighted by Gasteiger charge is -2.02. The minimum Gasteiger partial charge on any atom is -0.367 e. The molecule has 5 heteroatoms. The molecule has 2 heterocycles. The SMILES string of the molecule is Nc1onc(CCCc2cccs2)c1-c1ccc(F)cc1. The van der Waals surface area contributed by atoms with Crippen LogP contribution in [0.4, 0.5) is 10.3 Å². The van der Waals surface area contributed by atoms with E-state index in [4.69, 9.17) is 10.3 Å². The van der Waals surface area contributed by atoms with Crippen molar-refractivity contribution in [2.75, 3.05) is 5.73 Å². The molecule has 0 spiro atoms. The van der Waals surface area contributed by atoms with Crippen molar-refractivity contribution in [2.45, 2.75) is 19.3 Å². The Labute approximate surface area is 126 Å². The molecule has 0 saturated carbocycles. The molecule has 0 aliphatic carbocycles. The predicted molar refractivity (Wildman–Crippen MR) is 82.7 cm³/mol. The molecule has 0 radical (unpaired) electrons. The van der Waals surface area contributed by atoms with Crippen molar-refractivity contribution in [1.82, 2.24) is 5.16 Å². The van der Waals surface area contributed by atoms with Crippen LogP contribution < -0.4 is 5.73 Å². The maximum atomic E-state index is 13.0. The number of nitrogens with zero attached hydrogens (tertiary/aromatic N) is 1. The molecule has 0 atom stereocenters. The van der Waals surface area contributed by atoms with Gasteiger partial charge in [0.2, 0.25) is 5.88 Å². The van der Waals surface area contributed by atoms with Gasteiger partial charge >= 0.3 is 0 Å². The van der Waals surface area contributed by atoms with Crippen molar-refractivity contribution in [1.29, 1.82) is 0 Å². The normalized spacial score (nSPS) is 10.9. The molecule has 0 unspecified atom stereocenters. The topological polar surface area (TPSA) is 52.0 Å². The molecule has 3 aromatic rings. The Morgan fingerprint density at radius 2 is 1.95 bits per heavy atom. The van der Waals surface area contributed by atoms with Crippen LogP contribution in [0.3, 0.4) is 0 Å². The van der Waals surface area contributed by atoms with Crippen LogP contribution in [0.1, 0.15) is 17.0 Å². The van der Waals surface area contributed by atoms with E-state index in [0.29, 0.717) is 0 Å². The van der Waals surface area contributed by atoms with Gasteiger partial charge in [-0.15, -0.1) is 11.3 Å². The third kappa shape index (κ3) is 3.13. The van der Waals surface area contributed by atoms with Crippen LogP contribution in [0.2, 0.25) is 0 Å². The first-order valence-electron chi connectivity index (χ1n) is 6.76. The Morgan fingerprint density at radius 3 is 2.67 bits per heavy atom. The number of anilines is 1. The van der Waals surface area contributed by atoms with Gasteiger partial charge in [-0.1, -0.05) is 23.4 Å². The molecule has 0 saturated heterocycles. The Balaban J connectivity index is 1.75. The van der Waals surface area contributed by atoms with Gasteiger partial charge in [0.05, 0.1) is 11.3 Å². The minimum absolute atomic E-state index is 0.270. The third-order valence-electron chi connectivity index (χ3n) is 3.34. The third-order valence-corrected chi connectivity index (χ3v) is 4.28. The maximum absolute atomic E-state index is 13.0. The highest BCUT2D eigenvalue weighted by Crippen LogP contribution is 2.30. The van der Waals surface area contributed by atoms with Crippen molar-refractivity contribution >= 4 is 17.2 Å². The van der Waals surface area contributed by atoms with Crippen LogP contribution in [-0.4, -0.2) is 5.16 Å². The monoisotopic (exact) mass is 302 g/mol. The van der Waals surface area contributed by atoms with E-state index in [2.05, 4.69) is 22.7 Å². The molecule has 108 valence electrons. The number of aromatic nitrogens is 1. The first kappa shape index (κ1) is 13.8. The smallest absolute Gasteiger partial charge is 0.230 e. The van der Waals surface area contributed by atoms with Gasteiger partial charge in [-0.05, 0) is 48.4 Å². The molecule has 0 aliphatic rings. The van der Waals surface area contributed by atoms with E-state index in [1.807, 2.05) is 0 Å². The van der Waals surface area contributed by atoms with Gasteiger partial charge in [0.25, 0.3) is 0 Å². The van der Waals surface area contributed by atoms with E-state index < -0.39 is 0 Å². The number of halogens is 1. The molecule has 0 bridgehead atoms. The Kier molecular flexibility index (Phi) is 4.01. The standard InChI is InChI=1S/C16H15FN2OS/c17-12-8-6-11(7-9-12)15-14(19-20-16(15)18)5-1-3-13-4-2-10-21-13/h2,4,6-10H,1,3,5,18H2. The fourth-order valence-electron chi connectivity index (χ4n) is 2.32. The van der Waals surface area contributed by atoms with Crippen LogP contribution >= 0.6 is 11.3 Å². The van der Waals surface area contributed by atoms with Crippen LogP contribution in [0, 0.1) is 5.82 Å². The number of benzene rings is 1. The summed E-state index contributed by atoms with van der Waals surface area (Å²) in [5, 5.41) is 6.12. The molecule has 2 aromatic heterocycles. The lowest BCUT2D eigenvalue weighted by atomic mass is 10.0. The summed E-state index contributed by atoms with van der Waals surface area (Å²) in [6.45, 7) is 0. The zero-order chi connectivity index (χ0) is 14.7. The lowest BCUT2D eigenvalue weighted by Crippen LogP contribution is -1.93. The van der Waals surface area contributed by atoms with Gasteiger partial charge in [0.1, 0.15) is 5.82 Å². The molecule has 0 fully saturated rings. The summed E-state index contributed by atoms with van der Waals surface area (Å²) in [7, 11) is 0. The van der Waals surface area contributed by atoms with Crippen molar-refractivity contribution in [3.63, 3.8) is 0 Å². The number of aryl methyl sites for hydroxylation is 2. The Hall–Kier alpha value is -2.14. The summed E-state index contributed by atoms with van der Waals surface area (Å²) in [6.07, 6.45) is 2.76. The molecule has 1 aromatic carbocycles. The van der Waals surface area contributed by atoms with Crippen LogP contribution in [-0.2, 0) is 12.8 Å². The van der Waals surface area contributed by atoms with Crippen molar-refractivity contribution in [3.8, 4) is 11.1 Å². The van der Waals surface area contributed by atoms with Crippen molar-refractivity contribution < 1.29 is 8.91 Å². The highest BCUT2D eigenvalue weighted by Gasteiger charge is 2.15. The maximum Gasteiger partial charge on any atom is 0.230 e. The van der Waals surface area contributed by atoms with Crippen LogP contribution in [0.15, 0.2) is 46.3 Å². The molecule has 0 aliphatic heterocycles. The molecule has 3 rings (SSSR count). The predicted octanol–water partition coefficient (Wildman–Crippen LogP) is 4.30. The molecule has 21 heavy (non-hydrogen) atoms. The van der Waals surface area contributed by atoms with Crippen LogP contribution in [0.5, 0.6) is 0 Å². The average molecular weight is 302 g/mol. The van der Waals surface area contributed by atoms with E-state index in [1.54, 1.807) is 23.5 Å². The highest BCUT2D eigenvalue weighted by atomic mass is 32.1.